The van der Waals surface area contributed by atoms with Crippen molar-refractivity contribution >= 4 is 11.8 Å². The van der Waals surface area contributed by atoms with Crippen LogP contribution in [-0.2, 0) is 0 Å². The van der Waals surface area contributed by atoms with Gasteiger partial charge in [-0.05, 0) is 36.6 Å². The first kappa shape index (κ1) is 11.5. The number of halogens is 1. The molecule has 0 amide bonds. The first-order valence-corrected chi connectivity index (χ1v) is 7.50. The van der Waals surface area contributed by atoms with E-state index in [1.807, 2.05) is 6.07 Å². The lowest BCUT2D eigenvalue weighted by atomic mass is 10.0. The molecule has 1 nitrogen and oxygen atoms in total. The van der Waals surface area contributed by atoms with Crippen molar-refractivity contribution in [1.29, 1.82) is 0 Å². The van der Waals surface area contributed by atoms with Crippen LogP contribution in [0.5, 0.6) is 0 Å². The smallest absolute Gasteiger partial charge is 0.137 e. The van der Waals surface area contributed by atoms with Gasteiger partial charge in [-0.2, -0.15) is 0 Å². The van der Waals surface area contributed by atoms with Crippen LogP contribution in [0.25, 0.3) is 0 Å². The fourth-order valence-corrected chi connectivity index (χ4v) is 4.08. The highest BCUT2D eigenvalue weighted by Crippen LogP contribution is 2.38. The maximum Gasteiger partial charge on any atom is 0.137 e. The highest BCUT2D eigenvalue weighted by atomic mass is 32.2. The molecule has 1 saturated carbocycles. The molecule has 1 aliphatic carbocycles. The molecule has 2 aliphatic rings. The molecule has 17 heavy (non-hydrogen) atoms. The second-order valence-corrected chi connectivity index (χ2v) is 6.10. The van der Waals surface area contributed by atoms with Gasteiger partial charge >= 0.3 is 0 Å². The first-order valence-electron chi connectivity index (χ1n) is 6.52. The van der Waals surface area contributed by atoms with E-state index < -0.39 is 0 Å². The Labute approximate surface area is 106 Å². The van der Waals surface area contributed by atoms with Gasteiger partial charge in [0, 0.05) is 17.0 Å². The Bertz CT molecular complexity index is 401. The molecule has 0 aromatic heterocycles. The van der Waals surface area contributed by atoms with Crippen LogP contribution in [0.3, 0.4) is 0 Å². The zero-order valence-corrected chi connectivity index (χ0v) is 10.7. The van der Waals surface area contributed by atoms with Gasteiger partial charge in [-0.25, -0.2) is 4.39 Å². The Morgan fingerprint density at radius 2 is 2.00 bits per heavy atom. The van der Waals surface area contributed by atoms with Gasteiger partial charge < -0.3 is 5.32 Å². The van der Waals surface area contributed by atoms with E-state index in [0.717, 1.165) is 17.1 Å². The van der Waals surface area contributed by atoms with Gasteiger partial charge in [-0.1, -0.05) is 25.0 Å². The summed E-state index contributed by atoms with van der Waals surface area (Å²) in [5.41, 5.74) is 1.17. The van der Waals surface area contributed by atoms with Crippen LogP contribution in [0, 0.1) is 5.82 Å². The van der Waals surface area contributed by atoms with E-state index >= 15 is 0 Å². The second kappa shape index (κ2) is 4.99. The minimum Gasteiger partial charge on any atom is -0.307 e. The van der Waals surface area contributed by atoms with Gasteiger partial charge in [-0.3, -0.25) is 0 Å². The Morgan fingerprint density at radius 1 is 1.18 bits per heavy atom. The van der Waals surface area contributed by atoms with Crippen LogP contribution in [0.1, 0.15) is 43.7 Å². The average Bonchev–Trinajstić information content (AvgIpc) is 2.83. The van der Waals surface area contributed by atoms with Gasteiger partial charge in [-0.15, -0.1) is 11.8 Å². The number of rotatable bonds is 2. The topological polar surface area (TPSA) is 12.0 Å². The van der Waals surface area contributed by atoms with E-state index in [1.54, 1.807) is 17.8 Å². The fraction of sp³-hybridized carbons (Fsp3) is 0.571. The van der Waals surface area contributed by atoms with Crippen LogP contribution in [0.2, 0.25) is 0 Å². The van der Waals surface area contributed by atoms with Gasteiger partial charge in [0.05, 0.1) is 0 Å². The molecule has 1 N–H and O–H groups in total. The lowest BCUT2D eigenvalue weighted by molar-refractivity contribution is 0.421. The van der Waals surface area contributed by atoms with E-state index in [9.17, 15) is 4.39 Å². The van der Waals surface area contributed by atoms with Crippen LogP contribution >= 0.6 is 11.8 Å². The molecule has 0 spiro atoms. The number of fused-ring (bicyclic) bond motifs is 1. The van der Waals surface area contributed by atoms with E-state index in [1.165, 1.54) is 31.2 Å². The second-order valence-electron chi connectivity index (χ2n) is 5.00. The van der Waals surface area contributed by atoms with Gasteiger partial charge in [0.2, 0.25) is 0 Å². The van der Waals surface area contributed by atoms with Crippen LogP contribution in [0.15, 0.2) is 23.1 Å². The number of hydrogen-bond acceptors (Lipinski definition) is 2. The summed E-state index contributed by atoms with van der Waals surface area (Å²) in [5, 5.41) is 3.72. The molecule has 3 heteroatoms. The van der Waals surface area contributed by atoms with Gasteiger partial charge in [0.1, 0.15) is 5.82 Å². The van der Waals surface area contributed by atoms with Gasteiger partial charge in [0.25, 0.3) is 0 Å². The van der Waals surface area contributed by atoms with Crippen LogP contribution in [-0.4, -0.2) is 11.8 Å². The molecule has 3 rings (SSSR count). The molecule has 1 fully saturated rings. The third kappa shape index (κ3) is 2.36. The molecular formula is C14H18FNS. The number of thioether (sulfide) groups is 1. The molecule has 0 bridgehead atoms. The Morgan fingerprint density at radius 3 is 2.82 bits per heavy atom. The highest BCUT2D eigenvalue weighted by Gasteiger charge is 2.26. The van der Waals surface area contributed by atoms with Crippen molar-refractivity contribution < 1.29 is 4.39 Å². The van der Waals surface area contributed by atoms with E-state index in [-0.39, 0.29) is 5.82 Å². The summed E-state index contributed by atoms with van der Waals surface area (Å²) < 4.78 is 13.7. The van der Waals surface area contributed by atoms with Crippen molar-refractivity contribution in [3.8, 4) is 0 Å². The molecule has 1 unspecified atom stereocenters. The fourth-order valence-electron chi connectivity index (χ4n) is 2.94. The van der Waals surface area contributed by atoms with Crippen molar-refractivity contribution in [3.05, 3.63) is 29.6 Å². The summed E-state index contributed by atoms with van der Waals surface area (Å²) in [5.74, 6) is 0.976. The third-order valence-electron chi connectivity index (χ3n) is 3.82. The largest absolute Gasteiger partial charge is 0.307 e. The molecule has 0 saturated heterocycles. The third-order valence-corrected chi connectivity index (χ3v) is 4.98. The van der Waals surface area contributed by atoms with Crippen molar-refractivity contribution in [3.63, 3.8) is 0 Å². The Kier molecular flexibility index (Phi) is 3.39. The average molecular weight is 251 g/mol. The van der Waals surface area contributed by atoms with Crippen molar-refractivity contribution in [2.75, 3.05) is 5.75 Å². The Balaban J connectivity index is 1.81. The maximum absolute atomic E-state index is 13.7. The molecule has 1 heterocycles. The normalized spacial score (nSPS) is 24.9. The molecule has 1 aromatic rings. The quantitative estimate of drug-likeness (QED) is 0.855. The summed E-state index contributed by atoms with van der Waals surface area (Å²) in [6, 6.07) is 6.51. The highest BCUT2D eigenvalue weighted by molar-refractivity contribution is 7.99. The number of hydrogen-bond donors (Lipinski definition) is 1. The monoisotopic (exact) mass is 251 g/mol. The van der Waals surface area contributed by atoms with E-state index in [4.69, 9.17) is 0 Å². The molecule has 1 aliphatic heterocycles. The molecular weight excluding hydrogens is 233 g/mol. The Hall–Kier alpha value is -0.540. The zero-order chi connectivity index (χ0) is 11.7. The summed E-state index contributed by atoms with van der Waals surface area (Å²) in [4.78, 5) is 0.870. The predicted octanol–water partition coefficient (Wildman–Crippen LogP) is 3.89. The lowest BCUT2D eigenvalue weighted by Crippen LogP contribution is -2.32. The SMILES string of the molecule is Fc1cccc2c1SCCC2NC1CCCC1. The van der Waals surface area contributed by atoms with Crippen molar-refractivity contribution in [2.24, 2.45) is 0 Å². The summed E-state index contributed by atoms with van der Waals surface area (Å²) in [6.45, 7) is 0. The van der Waals surface area contributed by atoms with E-state index in [2.05, 4.69) is 11.4 Å². The van der Waals surface area contributed by atoms with Crippen molar-refractivity contribution in [1.82, 2.24) is 5.32 Å². The number of benzene rings is 1. The van der Waals surface area contributed by atoms with E-state index in [0.29, 0.717) is 12.1 Å². The summed E-state index contributed by atoms with van der Waals surface area (Å²) >= 11 is 1.66. The standard InChI is InChI=1S/C14H18FNS/c15-12-7-3-6-11-13(8-9-17-14(11)12)16-10-4-1-2-5-10/h3,6-7,10,13,16H,1-2,4-5,8-9H2. The minimum absolute atomic E-state index is 0.0505. The summed E-state index contributed by atoms with van der Waals surface area (Å²) in [7, 11) is 0. The predicted molar refractivity (Wildman–Crippen MR) is 69.9 cm³/mol. The molecule has 1 aromatic carbocycles. The molecule has 92 valence electrons. The number of nitrogens with one attached hydrogen (secondary N) is 1. The van der Waals surface area contributed by atoms with Crippen LogP contribution in [0.4, 0.5) is 4.39 Å². The molecule has 1 atom stereocenters. The lowest BCUT2D eigenvalue weighted by Gasteiger charge is -2.29. The molecule has 0 radical (unpaired) electrons. The first-order chi connectivity index (χ1) is 8.34. The van der Waals surface area contributed by atoms with Crippen LogP contribution < -0.4 is 5.32 Å². The van der Waals surface area contributed by atoms with Gasteiger partial charge in [0.15, 0.2) is 0 Å². The zero-order valence-electron chi connectivity index (χ0n) is 9.92. The minimum atomic E-state index is -0.0505. The van der Waals surface area contributed by atoms with Crippen molar-refractivity contribution in [2.45, 2.75) is 49.1 Å². The maximum atomic E-state index is 13.7. The summed E-state index contributed by atoms with van der Waals surface area (Å²) in [6.07, 6.45) is 6.38.